The Morgan fingerprint density at radius 3 is 2.80 bits per heavy atom. The first-order valence-electron chi connectivity index (χ1n) is 4.90. The largest absolute Gasteiger partial charge is 0.0748 e. The molecular formula is C9H18Si. The SMILES string of the molecule is C[SiH2]CC1CCC2CC2C1. The maximum Gasteiger partial charge on any atom is 0.0169 e. The number of fused-ring (bicyclic) bond motifs is 1. The van der Waals surface area contributed by atoms with Crippen LogP contribution in [0, 0.1) is 17.8 Å². The van der Waals surface area contributed by atoms with Gasteiger partial charge in [-0.15, -0.1) is 0 Å². The first-order valence-corrected chi connectivity index (χ1v) is 7.31. The van der Waals surface area contributed by atoms with Crippen LogP contribution in [0.4, 0.5) is 0 Å². The molecule has 0 aromatic heterocycles. The van der Waals surface area contributed by atoms with E-state index >= 15 is 0 Å². The van der Waals surface area contributed by atoms with Gasteiger partial charge in [0.25, 0.3) is 0 Å². The van der Waals surface area contributed by atoms with Crippen molar-refractivity contribution in [2.24, 2.45) is 17.8 Å². The molecule has 2 saturated carbocycles. The average Bonchev–Trinajstić information content (AvgIpc) is 2.66. The van der Waals surface area contributed by atoms with Crippen LogP contribution in [-0.2, 0) is 0 Å². The lowest BCUT2D eigenvalue weighted by atomic mass is 9.91. The molecule has 58 valence electrons. The van der Waals surface area contributed by atoms with Crippen LogP contribution in [0.3, 0.4) is 0 Å². The highest BCUT2D eigenvalue weighted by atomic mass is 28.2. The molecule has 2 rings (SSSR count). The van der Waals surface area contributed by atoms with E-state index in [4.69, 9.17) is 0 Å². The lowest BCUT2D eigenvalue weighted by Crippen LogP contribution is -2.09. The van der Waals surface area contributed by atoms with E-state index in [1.54, 1.807) is 31.7 Å². The standard InChI is InChI=1S/C9H18Si/c1-10-6-7-2-3-8-5-9(8)4-7/h7-9H,2-6,10H2,1H3. The third kappa shape index (κ3) is 1.29. The van der Waals surface area contributed by atoms with Crippen LogP contribution >= 0.6 is 0 Å². The van der Waals surface area contributed by atoms with Gasteiger partial charge in [-0.2, -0.15) is 0 Å². The molecule has 0 bridgehead atoms. The molecule has 10 heavy (non-hydrogen) atoms. The van der Waals surface area contributed by atoms with Gasteiger partial charge in [0.2, 0.25) is 0 Å². The highest BCUT2D eigenvalue weighted by molar-refractivity contribution is 6.33. The van der Waals surface area contributed by atoms with Crippen molar-refractivity contribution in [3.63, 3.8) is 0 Å². The van der Waals surface area contributed by atoms with Gasteiger partial charge in [0, 0.05) is 9.52 Å². The van der Waals surface area contributed by atoms with Crippen molar-refractivity contribution in [3.8, 4) is 0 Å². The van der Waals surface area contributed by atoms with E-state index < -0.39 is 0 Å². The van der Waals surface area contributed by atoms with E-state index in [1.807, 2.05) is 0 Å². The predicted octanol–water partition coefficient (Wildman–Crippen LogP) is 2.06. The van der Waals surface area contributed by atoms with E-state index in [1.165, 1.54) is 17.8 Å². The molecule has 0 nitrogen and oxygen atoms in total. The number of hydrogen-bond acceptors (Lipinski definition) is 0. The summed E-state index contributed by atoms with van der Waals surface area (Å²) in [5.74, 6) is 3.59. The smallest absolute Gasteiger partial charge is 0.0169 e. The third-order valence-electron chi connectivity index (χ3n) is 3.35. The van der Waals surface area contributed by atoms with Crippen LogP contribution in [0.25, 0.3) is 0 Å². The van der Waals surface area contributed by atoms with Crippen LogP contribution in [-0.4, -0.2) is 9.52 Å². The van der Waals surface area contributed by atoms with E-state index in [9.17, 15) is 0 Å². The van der Waals surface area contributed by atoms with Gasteiger partial charge in [0.05, 0.1) is 0 Å². The maximum absolute atomic E-state index is 2.46. The van der Waals surface area contributed by atoms with Gasteiger partial charge in [-0.25, -0.2) is 0 Å². The summed E-state index contributed by atoms with van der Waals surface area (Å²) in [4.78, 5) is 0. The second-order valence-electron chi connectivity index (χ2n) is 4.22. The first kappa shape index (κ1) is 6.90. The molecule has 0 N–H and O–H groups in total. The van der Waals surface area contributed by atoms with Crippen molar-refractivity contribution in [1.82, 2.24) is 0 Å². The molecule has 2 aliphatic rings. The molecule has 3 atom stereocenters. The van der Waals surface area contributed by atoms with Crippen LogP contribution < -0.4 is 0 Å². The zero-order chi connectivity index (χ0) is 6.97. The molecule has 0 aliphatic heterocycles. The molecule has 0 aromatic rings. The molecule has 0 saturated heterocycles. The Bertz CT molecular complexity index is 122. The van der Waals surface area contributed by atoms with Crippen molar-refractivity contribution in [2.75, 3.05) is 0 Å². The molecule has 0 spiro atoms. The van der Waals surface area contributed by atoms with Crippen molar-refractivity contribution in [1.29, 1.82) is 0 Å². The lowest BCUT2D eigenvalue weighted by Gasteiger charge is -2.19. The Morgan fingerprint density at radius 2 is 2.10 bits per heavy atom. The monoisotopic (exact) mass is 154 g/mol. The minimum Gasteiger partial charge on any atom is -0.0748 e. The minimum atomic E-state index is 0.365. The molecule has 3 unspecified atom stereocenters. The predicted molar refractivity (Wildman–Crippen MR) is 48.2 cm³/mol. The van der Waals surface area contributed by atoms with Crippen LogP contribution in [0.5, 0.6) is 0 Å². The summed E-state index contributed by atoms with van der Waals surface area (Å²) < 4.78 is 0. The second kappa shape index (κ2) is 2.69. The van der Waals surface area contributed by atoms with E-state index in [0.29, 0.717) is 9.52 Å². The highest BCUT2D eigenvalue weighted by Crippen LogP contribution is 2.51. The third-order valence-corrected chi connectivity index (χ3v) is 4.74. The summed E-state index contributed by atoms with van der Waals surface area (Å²) in [5.41, 5.74) is 0. The summed E-state index contributed by atoms with van der Waals surface area (Å²) in [5, 5.41) is 0. The zero-order valence-corrected chi connectivity index (χ0v) is 8.39. The van der Waals surface area contributed by atoms with Crippen molar-refractivity contribution in [2.45, 2.75) is 38.3 Å². The Kier molecular flexibility index (Phi) is 1.85. The number of rotatable bonds is 2. The fourth-order valence-electron chi connectivity index (χ4n) is 2.62. The van der Waals surface area contributed by atoms with Crippen molar-refractivity contribution in [3.05, 3.63) is 0 Å². The second-order valence-corrected chi connectivity index (χ2v) is 5.80. The van der Waals surface area contributed by atoms with Crippen molar-refractivity contribution < 1.29 is 0 Å². The summed E-state index contributed by atoms with van der Waals surface area (Å²) in [6, 6.07) is 1.64. The average molecular weight is 154 g/mol. The molecular weight excluding hydrogens is 136 g/mol. The van der Waals surface area contributed by atoms with Crippen molar-refractivity contribution >= 4 is 9.52 Å². The Labute approximate surface area is 66.2 Å². The van der Waals surface area contributed by atoms with Crippen LogP contribution in [0.1, 0.15) is 25.7 Å². The van der Waals surface area contributed by atoms with Gasteiger partial charge in [-0.1, -0.05) is 19.0 Å². The van der Waals surface area contributed by atoms with Crippen LogP contribution in [0.15, 0.2) is 0 Å². The highest BCUT2D eigenvalue weighted by Gasteiger charge is 2.41. The summed E-state index contributed by atoms with van der Waals surface area (Å²) in [6.07, 6.45) is 6.39. The van der Waals surface area contributed by atoms with Gasteiger partial charge in [0.15, 0.2) is 0 Å². The molecule has 2 fully saturated rings. The molecule has 0 radical (unpaired) electrons. The topological polar surface area (TPSA) is 0 Å². The Hall–Kier alpha value is 0.217. The summed E-state index contributed by atoms with van der Waals surface area (Å²) in [6.45, 7) is 2.46. The first-order chi connectivity index (χ1) is 4.90. The fourth-order valence-corrected chi connectivity index (χ4v) is 3.96. The molecule has 1 heteroatoms. The molecule has 2 aliphatic carbocycles. The molecule has 0 aromatic carbocycles. The van der Waals surface area contributed by atoms with E-state index in [2.05, 4.69) is 6.55 Å². The van der Waals surface area contributed by atoms with Gasteiger partial charge in [0.1, 0.15) is 0 Å². The number of hydrogen-bond donors (Lipinski definition) is 0. The summed E-state index contributed by atoms with van der Waals surface area (Å²) >= 11 is 0. The molecule has 0 heterocycles. The van der Waals surface area contributed by atoms with Gasteiger partial charge in [-0.05, 0) is 37.0 Å². The van der Waals surface area contributed by atoms with Crippen LogP contribution in [0.2, 0.25) is 12.6 Å². The van der Waals surface area contributed by atoms with Gasteiger partial charge < -0.3 is 0 Å². The minimum absolute atomic E-state index is 0.365. The van der Waals surface area contributed by atoms with E-state index in [0.717, 1.165) is 0 Å². The van der Waals surface area contributed by atoms with Gasteiger partial charge >= 0.3 is 0 Å². The Balaban J connectivity index is 1.77. The van der Waals surface area contributed by atoms with E-state index in [-0.39, 0.29) is 0 Å². The summed E-state index contributed by atoms with van der Waals surface area (Å²) in [7, 11) is 0.365. The maximum atomic E-state index is 2.46. The zero-order valence-electron chi connectivity index (χ0n) is 6.97. The lowest BCUT2D eigenvalue weighted by molar-refractivity contribution is 0.368. The fraction of sp³-hybridized carbons (Fsp3) is 1.00. The molecule has 0 amide bonds. The normalized spacial score (nSPS) is 45.9. The quantitative estimate of drug-likeness (QED) is 0.534. The van der Waals surface area contributed by atoms with Gasteiger partial charge in [-0.3, -0.25) is 0 Å². The Morgan fingerprint density at radius 1 is 1.20 bits per heavy atom.